The predicted molar refractivity (Wildman–Crippen MR) is 63.3 cm³/mol. The maximum Gasteiger partial charge on any atom is 0.152 e. The molecule has 0 saturated carbocycles. The highest BCUT2D eigenvalue weighted by Crippen LogP contribution is 2.24. The molecule has 1 aliphatic rings. The molecular weight excluding hydrogens is 202 g/mol. The predicted octanol–water partition coefficient (Wildman–Crippen LogP) is 0.218. The molecule has 2 rings (SSSR count). The summed E-state index contributed by atoms with van der Waals surface area (Å²) in [7, 11) is 4.14. The fourth-order valence-corrected chi connectivity index (χ4v) is 2.14. The summed E-state index contributed by atoms with van der Waals surface area (Å²) in [5.41, 5.74) is 5.76. The lowest BCUT2D eigenvalue weighted by Crippen LogP contribution is -2.22. The molecule has 2 heterocycles. The number of aromatic nitrogens is 3. The summed E-state index contributed by atoms with van der Waals surface area (Å²) in [4.78, 5) is 6.77. The van der Waals surface area contributed by atoms with Crippen molar-refractivity contribution in [3.8, 4) is 0 Å². The smallest absolute Gasteiger partial charge is 0.152 e. The lowest BCUT2D eigenvalue weighted by Gasteiger charge is -2.19. The molecule has 5 nitrogen and oxygen atoms in total. The topological polar surface area (TPSA) is 60.0 Å². The number of rotatable bonds is 4. The van der Waals surface area contributed by atoms with Gasteiger partial charge in [-0.15, -0.1) is 0 Å². The Balaban J connectivity index is 2.09. The summed E-state index contributed by atoms with van der Waals surface area (Å²) >= 11 is 0. The lowest BCUT2D eigenvalue weighted by atomic mass is 10.00. The van der Waals surface area contributed by atoms with Crippen molar-refractivity contribution in [3.63, 3.8) is 0 Å². The summed E-state index contributed by atoms with van der Waals surface area (Å²) < 4.78 is 2.05. The molecule has 0 spiro atoms. The third-order valence-corrected chi connectivity index (χ3v) is 3.10. The van der Waals surface area contributed by atoms with E-state index >= 15 is 0 Å². The van der Waals surface area contributed by atoms with Crippen LogP contribution in [0, 0.1) is 0 Å². The first kappa shape index (κ1) is 11.5. The number of aryl methyl sites for hydroxylation is 1. The van der Waals surface area contributed by atoms with Crippen molar-refractivity contribution in [2.75, 3.05) is 27.2 Å². The number of likely N-dealkylation sites (N-methyl/N-ethyl adjacent to an activating group) is 1. The Labute approximate surface area is 96.6 Å². The molecule has 0 saturated heterocycles. The van der Waals surface area contributed by atoms with Gasteiger partial charge in [0.05, 0.1) is 0 Å². The Morgan fingerprint density at radius 1 is 1.50 bits per heavy atom. The van der Waals surface area contributed by atoms with Gasteiger partial charge in [-0.05, 0) is 26.9 Å². The highest BCUT2D eigenvalue weighted by molar-refractivity contribution is 5.03. The van der Waals surface area contributed by atoms with E-state index in [2.05, 4.69) is 29.1 Å². The zero-order valence-corrected chi connectivity index (χ0v) is 10.2. The van der Waals surface area contributed by atoms with Crippen LogP contribution in [0.5, 0.6) is 0 Å². The first-order chi connectivity index (χ1) is 7.70. The van der Waals surface area contributed by atoms with Gasteiger partial charge in [0.15, 0.2) is 5.82 Å². The van der Waals surface area contributed by atoms with E-state index in [-0.39, 0.29) is 0 Å². The van der Waals surface area contributed by atoms with Crippen molar-refractivity contribution in [2.45, 2.75) is 31.7 Å². The molecule has 0 radical (unpaired) electrons. The molecule has 0 aliphatic carbocycles. The molecule has 0 aromatic carbocycles. The van der Waals surface area contributed by atoms with E-state index in [1.165, 1.54) is 6.42 Å². The molecule has 1 atom stereocenters. The van der Waals surface area contributed by atoms with Crippen molar-refractivity contribution in [2.24, 2.45) is 5.73 Å². The SMILES string of the molecule is CN(C)CCc1nc2n(n1)CCCC2CN. The van der Waals surface area contributed by atoms with Gasteiger partial charge < -0.3 is 10.6 Å². The standard InChI is InChI=1S/C11H21N5/c1-15(2)7-5-10-13-11-9(8-12)4-3-6-16(11)14-10/h9H,3-8,12H2,1-2H3. The fourth-order valence-electron chi connectivity index (χ4n) is 2.14. The average molecular weight is 223 g/mol. The number of hydrogen-bond donors (Lipinski definition) is 1. The van der Waals surface area contributed by atoms with E-state index in [1.807, 2.05) is 4.68 Å². The Kier molecular flexibility index (Phi) is 3.56. The van der Waals surface area contributed by atoms with Crippen LogP contribution in [0.15, 0.2) is 0 Å². The Hall–Kier alpha value is -0.940. The minimum atomic E-state index is 0.411. The molecule has 16 heavy (non-hydrogen) atoms. The first-order valence-corrected chi connectivity index (χ1v) is 5.99. The monoisotopic (exact) mass is 223 g/mol. The van der Waals surface area contributed by atoms with Crippen LogP contribution in [0.3, 0.4) is 0 Å². The zero-order chi connectivity index (χ0) is 11.5. The molecule has 1 unspecified atom stereocenters. The molecule has 0 bridgehead atoms. The maximum atomic E-state index is 5.76. The van der Waals surface area contributed by atoms with Gasteiger partial charge in [0.25, 0.3) is 0 Å². The molecule has 0 fully saturated rings. The van der Waals surface area contributed by atoms with Crippen LogP contribution in [0.25, 0.3) is 0 Å². The molecule has 2 N–H and O–H groups in total. The Morgan fingerprint density at radius 3 is 3.00 bits per heavy atom. The van der Waals surface area contributed by atoms with E-state index in [9.17, 15) is 0 Å². The molecule has 90 valence electrons. The normalized spacial score (nSPS) is 20.1. The summed E-state index contributed by atoms with van der Waals surface area (Å²) in [5.74, 6) is 2.47. The third kappa shape index (κ3) is 2.41. The maximum absolute atomic E-state index is 5.76. The lowest BCUT2D eigenvalue weighted by molar-refractivity contribution is 0.406. The van der Waals surface area contributed by atoms with Crippen LogP contribution in [-0.2, 0) is 13.0 Å². The molecule has 5 heteroatoms. The van der Waals surface area contributed by atoms with Gasteiger partial charge in [0, 0.05) is 32.0 Å². The molecule has 1 aromatic rings. The first-order valence-electron chi connectivity index (χ1n) is 5.99. The minimum Gasteiger partial charge on any atom is -0.330 e. The van der Waals surface area contributed by atoms with Crippen molar-refractivity contribution in [1.82, 2.24) is 19.7 Å². The van der Waals surface area contributed by atoms with Crippen LogP contribution in [0.1, 0.15) is 30.4 Å². The second kappa shape index (κ2) is 4.93. The van der Waals surface area contributed by atoms with Crippen LogP contribution in [0.4, 0.5) is 0 Å². The van der Waals surface area contributed by atoms with E-state index in [0.29, 0.717) is 12.5 Å². The second-order valence-corrected chi connectivity index (χ2v) is 4.74. The van der Waals surface area contributed by atoms with Gasteiger partial charge in [0.1, 0.15) is 5.82 Å². The van der Waals surface area contributed by atoms with E-state index < -0.39 is 0 Å². The molecule has 1 aromatic heterocycles. The fraction of sp³-hybridized carbons (Fsp3) is 0.818. The summed E-state index contributed by atoms with van der Waals surface area (Å²) in [6, 6.07) is 0. The molecule has 1 aliphatic heterocycles. The van der Waals surface area contributed by atoms with Gasteiger partial charge in [-0.1, -0.05) is 0 Å². The summed E-state index contributed by atoms with van der Waals surface area (Å²) in [6.07, 6.45) is 3.25. The van der Waals surface area contributed by atoms with Crippen molar-refractivity contribution < 1.29 is 0 Å². The van der Waals surface area contributed by atoms with Crippen LogP contribution < -0.4 is 5.73 Å². The van der Waals surface area contributed by atoms with E-state index in [0.717, 1.165) is 37.6 Å². The van der Waals surface area contributed by atoms with Crippen molar-refractivity contribution in [1.29, 1.82) is 0 Å². The highest BCUT2D eigenvalue weighted by atomic mass is 15.4. The second-order valence-electron chi connectivity index (χ2n) is 4.74. The highest BCUT2D eigenvalue weighted by Gasteiger charge is 2.22. The zero-order valence-electron chi connectivity index (χ0n) is 10.2. The van der Waals surface area contributed by atoms with Gasteiger partial charge >= 0.3 is 0 Å². The molecular formula is C11H21N5. The van der Waals surface area contributed by atoms with Crippen molar-refractivity contribution >= 4 is 0 Å². The Morgan fingerprint density at radius 2 is 2.31 bits per heavy atom. The van der Waals surface area contributed by atoms with Gasteiger partial charge in [-0.2, -0.15) is 5.10 Å². The van der Waals surface area contributed by atoms with Crippen LogP contribution in [0.2, 0.25) is 0 Å². The van der Waals surface area contributed by atoms with E-state index in [1.54, 1.807) is 0 Å². The number of hydrogen-bond acceptors (Lipinski definition) is 4. The van der Waals surface area contributed by atoms with Gasteiger partial charge in [0.2, 0.25) is 0 Å². The average Bonchev–Trinajstić information content (AvgIpc) is 2.68. The molecule has 0 amide bonds. The summed E-state index contributed by atoms with van der Waals surface area (Å²) in [6.45, 7) is 2.68. The van der Waals surface area contributed by atoms with Crippen molar-refractivity contribution in [3.05, 3.63) is 11.6 Å². The quantitative estimate of drug-likeness (QED) is 0.793. The van der Waals surface area contributed by atoms with E-state index in [4.69, 9.17) is 5.73 Å². The minimum absolute atomic E-state index is 0.411. The summed E-state index contributed by atoms with van der Waals surface area (Å²) in [5, 5.41) is 4.54. The number of fused-ring (bicyclic) bond motifs is 1. The third-order valence-electron chi connectivity index (χ3n) is 3.10. The van der Waals surface area contributed by atoms with Gasteiger partial charge in [-0.3, -0.25) is 0 Å². The number of nitrogens with two attached hydrogens (primary N) is 1. The van der Waals surface area contributed by atoms with Gasteiger partial charge in [-0.25, -0.2) is 9.67 Å². The van der Waals surface area contributed by atoms with Crippen LogP contribution in [-0.4, -0.2) is 46.8 Å². The largest absolute Gasteiger partial charge is 0.330 e. The number of nitrogens with zero attached hydrogens (tertiary/aromatic N) is 4. The van der Waals surface area contributed by atoms with Crippen LogP contribution >= 0.6 is 0 Å². The Bertz CT molecular complexity index is 344.